The van der Waals surface area contributed by atoms with Crippen LogP contribution in [0.4, 0.5) is 0 Å². The number of benzene rings is 1. The minimum Gasteiger partial charge on any atom is -0.480 e. The molecular formula is C15H20N2O3. The van der Waals surface area contributed by atoms with Crippen LogP contribution in [0.2, 0.25) is 0 Å². The monoisotopic (exact) mass is 276 g/mol. The number of nitrogens with one attached hydrogen (secondary N) is 1. The fraction of sp³-hybridized carbons (Fsp3) is 0.467. The molecule has 0 saturated heterocycles. The minimum atomic E-state index is -1.22. The Hall–Kier alpha value is -1.88. The number of carbonyl (C=O) groups excluding carboxylic acids is 1. The summed E-state index contributed by atoms with van der Waals surface area (Å²) in [5.74, 6) is -1.47. The molecule has 0 radical (unpaired) electrons. The number of rotatable bonds is 5. The summed E-state index contributed by atoms with van der Waals surface area (Å²) in [5.41, 5.74) is 6.44. The first kappa shape index (κ1) is 14.5. The zero-order chi connectivity index (χ0) is 14.9. The van der Waals surface area contributed by atoms with Crippen LogP contribution in [0, 0.1) is 12.8 Å². The molecule has 20 heavy (non-hydrogen) atoms. The smallest absolute Gasteiger partial charge is 0.329 e. The van der Waals surface area contributed by atoms with Crippen molar-refractivity contribution in [1.82, 2.24) is 5.32 Å². The van der Waals surface area contributed by atoms with Crippen LogP contribution in [0.1, 0.15) is 36.9 Å². The van der Waals surface area contributed by atoms with Gasteiger partial charge in [-0.3, -0.25) is 4.79 Å². The Morgan fingerprint density at radius 2 is 1.90 bits per heavy atom. The molecule has 4 N–H and O–H groups in total. The highest BCUT2D eigenvalue weighted by atomic mass is 16.4. The number of carboxylic acid groups (broad SMARTS) is 1. The van der Waals surface area contributed by atoms with Gasteiger partial charge < -0.3 is 16.2 Å². The standard InChI is InChI=1S/C15H20N2O3/c1-9-3-5-10(6-4-9)12(16)13(18)17-15(2,14(19)20)11-7-8-11/h3-6,11-12H,7-8,16H2,1-2H3,(H,17,18)(H,19,20). The number of hydrogen-bond donors (Lipinski definition) is 3. The third-order valence-corrected chi connectivity index (χ3v) is 3.94. The summed E-state index contributed by atoms with van der Waals surface area (Å²) in [6.07, 6.45) is 1.64. The van der Waals surface area contributed by atoms with Crippen molar-refractivity contribution in [2.24, 2.45) is 11.7 Å². The van der Waals surface area contributed by atoms with Crippen molar-refractivity contribution in [1.29, 1.82) is 0 Å². The Bertz CT molecular complexity index is 522. The second kappa shape index (κ2) is 5.25. The normalized spacial score (nSPS) is 18.9. The predicted molar refractivity (Wildman–Crippen MR) is 75.0 cm³/mol. The Balaban J connectivity index is 2.10. The summed E-state index contributed by atoms with van der Waals surface area (Å²) in [6.45, 7) is 3.50. The largest absolute Gasteiger partial charge is 0.480 e. The number of aliphatic carboxylic acids is 1. The van der Waals surface area contributed by atoms with E-state index in [1.54, 1.807) is 19.1 Å². The van der Waals surface area contributed by atoms with Gasteiger partial charge in [0.1, 0.15) is 11.6 Å². The lowest BCUT2D eigenvalue weighted by atomic mass is 9.94. The van der Waals surface area contributed by atoms with Crippen molar-refractivity contribution in [2.75, 3.05) is 0 Å². The highest BCUT2D eigenvalue weighted by Crippen LogP contribution is 2.40. The van der Waals surface area contributed by atoms with Crippen LogP contribution in [0.15, 0.2) is 24.3 Å². The Kier molecular flexibility index (Phi) is 3.81. The maximum atomic E-state index is 12.2. The summed E-state index contributed by atoms with van der Waals surface area (Å²) in [7, 11) is 0. The molecule has 2 unspecified atom stereocenters. The molecule has 1 aliphatic rings. The lowest BCUT2D eigenvalue weighted by Gasteiger charge is -2.27. The number of amides is 1. The second-order valence-electron chi connectivity index (χ2n) is 5.66. The van der Waals surface area contributed by atoms with E-state index < -0.39 is 23.5 Å². The van der Waals surface area contributed by atoms with Crippen molar-refractivity contribution < 1.29 is 14.7 Å². The molecule has 1 amide bonds. The van der Waals surface area contributed by atoms with E-state index in [4.69, 9.17) is 5.73 Å². The topological polar surface area (TPSA) is 92.4 Å². The Morgan fingerprint density at radius 1 is 1.35 bits per heavy atom. The molecule has 1 aliphatic carbocycles. The predicted octanol–water partition coefficient (Wildman–Crippen LogP) is 1.36. The van der Waals surface area contributed by atoms with Gasteiger partial charge in [-0.25, -0.2) is 4.79 Å². The molecular weight excluding hydrogens is 256 g/mol. The van der Waals surface area contributed by atoms with Crippen LogP contribution >= 0.6 is 0 Å². The minimum absolute atomic E-state index is 0.00540. The van der Waals surface area contributed by atoms with Crippen LogP contribution in [0.3, 0.4) is 0 Å². The lowest BCUT2D eigenvalue weighted by molar-refractivity contribution is -0.148. The summed E-state index contributed by atoms with van der Waals surface area (Å²) >= 11 is 0. The molecule has 0 heterocycles. The molecule has 1 fully saturated rings. The van der Waals surface area contributed by atoms with Gasteiger partial charge in [-0.15, -0.1) is 0 Å². The summed E-state index contributed by atoms with van der Waals surface area (Å²) in [5, 5.41) is 11.9. The van der Waals surface area contributed by atoms with E-state index in [0.717, 1.165) is 18.4 Å². The third-order valence-electron chi connectivity index (χ3n) is 3.94. The van der Waals surface area contributed by atoms with Gasteiger partial charge in [-0.1, -0.05) is 29.8 Å². The molecule has 0 aromatic heterocycles. The first-order chi connectivity index (χ1) is 9.34. The number of nitrogens with two attached hydrogens (primary N) is 1. The molecule has 1 aromatic rings. The van der Waals surface area contributed by atoms with E-state index in [-0.39, 0.29) is 5.92 Å². The van der Waals surface area contributed by atoms with Crippen molar-refractivity contribution in [3.63, 3.8) is 0 Å². The van der Waals surface area contributed by atoms with E-state index in [2.05, 4.69) is 5.32 Å². The first-order valence-electron chi connectivity index (χ1n) is 6.72. The molecule has 2 atom stereocenters. The van der Waals surface area contributed by atoms with Crippen LogP contribution < -0.4 is 11.1 Å². The van der Waals surface area contributed by atoms with E-state index in [9.17, 15) is 14.7 Å². The van der Waals surface area contributed by atoms with Crippen LogP contribution in [-0.2, 0) is 9.59 Å². The van der Waals surface area contributed by atoms with Gasteiger partial charge in [0.2, 0.25) is 5.91 Å². The molecule has 0 spiro atoms. The molecule has 0 aliphatic heterocycles. The third kappa shape index (κ3) is 2.82. The zero-order valence-electron chi connectivity index (χ0n) is 11.7. The highest BCUT2D eigenvalue weighted by molar-refractivity contribution is 5.90. The van der Waals surface area contributed by atoms with Crippen LogP contribution in [0.25, 0.3) is 0 Å². The quantitative estimate of drug-likeness (QED) is 0.757. The van der Waals surface area contributed by atoms with E-state index in [1.165, 1.54) is 0 Å². The second-order valence-corrected chi connectivity index (χ2v) is 5.66. The molecule has 5 nitrogen and oxygen atoms in total. The maximum Gasteiger partial charge on any atom is 0.329 e. The van der Waals surface area contributed by atoms with Gasteiger partial charge in [-0.2, -0.15) is 0 Å². The summed E-state index contributed by atoms with van der Waals surface area (Å²) in [4.78, 5) is 23.6. The maximum absolute atomic E-state index is 12.2. The summed E-state index contributed by atoms with van der Waals surface area (Å²) in [6, 6.07) is 6.47. The number of carboxylic acids is 1. The van der Waals surface area contributed by atoms with Gasteiger partial charge in [0.25, 0.3) is 0 Å². The average Bonchev–Trinajstić information content (AvgIpc) is 3.23. The number of hydrogen-bond acceptors (Lipinski definition) is 3. The number of aryl methyl sites for hydroxylation is 1. The first-order valence-corrected chi connectivity index (χ1v) is 6.72. The lowest BCUT2D eigenvalue weighted by Crippen LogP contribution is -2.56. The SMILES string of the molecule is Cc1ccc(C(N)C(=O)NC(C)(C(=O)O)C2CC2)cc1. The summed E-state index contributed by atoms with van der Waals surface area (Å²) < 4.78 is 0. The van der Waals surface area contributed by atoms with Crippen molar-refractivity contribution >= 4 is 11.9 Å². The molecule has 1 aromatic carbocycles. The highest BCUT2D eigenvalue weighted by Gasteiger charge is 2.49. The Labute approximate surface area is 118 Å². The average molecular weight is 276 g/mol. The Morgan fingerprint density at radius 3 is 2.35 bits per heavy atom. The zero-order valence-corrected chi connectivity index (χ0v) is 11.7. The molecule has 1 saturated carbocycles. The fourth-order valence-corrected chi connectivity index (χ4v) is 2.25. The molecule has 2 rings (SSSR count). The van der Waals surface area contributed by atoms with Gasteiger partial charge in [0.15, 0.2) is 0 Å². The molecule has 108 valence electrons. The van der Waals surface area contributed by atoms with Crippen molar-refractivity contribution in [2.45, 2.75) is 38.3 Å². The van der Waals surface area contributed by atoms with Gasteiger partial charge in [0, 0.05) is 0 Å². The van der Waals surface area contributed by atoms with E-state index in [1.807, 2.05) is 19.1 Å². The fourth-order valence-electron chi connectivity index (χ4n) is 2.25. The van der Waals surface area contributed by atoms with Gasteiger partial charge in [0.05, 0.1) is 0 Å². The molecule has 5 heteroatoms. The van der Waals surface area contributed by atoms with Crippen LogP contribution in [0.5, 0.6) is 0 Å². The van der Waals surface area contributed by atoms with Crippen LogP contribution in [-0.4, -0.2) is 22.5 Å². The van der Waals surface area contributed by atoms with Crippen molar-refractivity contribution in [3.8, 4) is 0 Å². The van der Waals surface area contributed by atoms with E-state index in [0.29, 0.717) is 5.56 Å². The molecule has 0 bridgehead atoms. The van der Waals surface area contributed by atoms with E-state index >= 15 is 0 Å². The van der Waals surface area contributed by atoms with Gasteiger partial charge >= 0.3 is 5.97 Å². The number of carbonyl (C=O) groups is 2. The van der Waals surface area contributed by atoms with Gasteiger partial charge in [-0.05, 0) is 38.2 Å². The van der Waals surface area contributed by atoms with Crippen molar-refractivity contribution in [3.05, 3.63) is 35.4 Å².